The molecule has 1 atom stereocenters. The van der Waals surface area contributed by atoms with Gasteiger partial charge in [0, 0.05) is 39.9 Å². The number of carboxylic acid groups (broad SMARTS) is 1. The SMILES string of the molecule is CC1(C)CN(C(=O)C=Cc2cc(Cl)ccc2-n2cnnn2)C(C(=O)Nc2ccc(C(=O)O)cc2)c2cc(N)cnc21. The standard InChI is InChI=1S/C28H25ClN8O4/c1-28(2)14-36(23(38)10-5-17-11-18(29)6-9-22(17)37-15-32-34-35-37)24(21-12-19(30)13-31-25(21)28)26(39)33-20-7-3-16(4-8-20)27(40)41/h3-13,15,24H,14,30H2,1-2H3,(H,33,39)(H,40,41). The molecule has 0 radical (unpaired) electrons. The van der Waals surface area contributed by atoms with Gasteiger partial charge >= 0.3 is 5.97 Å². The van der Waals surface area contributed by atoms with Gasteiger partial charge < -0.3 is 21.1 Å². The van der Waals surface area contributed by atoms with E-state index in [9.17, 15) is 19.5 Å². The lowest BCUT2D eigenvalue weighted by atomic mass is 9.78. The number of hydrogen-bond donors (Lipinski definition) is 3. The largest absolute Gasteiger partial charge is 0.478 e. The summed E-state index contributed by atoms with van der Waals surface area (Å²) in [5.74, 6) is -2.02. The molecule has 0 aliphatic carbocycles. The highest BCUT2D eigenvalue weighted by atomic mass is 35.5. The first-order chi connectivity index (χ1) is 19.5. The quantitative estimate of drug-likeness (QED) is 0.293. The van der Waals surface area contributed by atoms with Crippen LogP contribution < -0.4 is 11.1 Å². The lowest BCUT2D eigenvalue weighted by Gasteiger charge is -2.43. The van der Waals surface area contributed by atoms with Crippen LogP contribution in [-0.2, 0) is 15.0 Å². The van der Waals surface area contributed by atoms with Gasteiger partial charge in [-0.15, -0.1) is 5.10 Å². The van der Waals surface area contributed by atoms with Gasteiger partial charge in [-0.2, -0.15) is 4.68 Å². The number of halogens is 1. The molecule has 0 spiro atoms. The number of carboxylic acids is 1. The average Bonchev–Trinajstić information content (AvgIpc) is 3.46. The molecule has 0 fully saturated rings. The number of fused-ring (bicyclic) bond motifs is 1. The molecule has 0 saturated carbocycles. The maximum atomic E-state index is 13.8. The van der Waals surface area contributed by atoms with Crippen LogP contribution in [0.5, 0.6) is 0 Å². The molecule has 0 bridgehead atoms. The Bertz CT molecular complexity index is 1670. The minimum absolute atomic E-state index is 0.0775. The molecule has 1 aliphatic rings. The Hall–Kier alpha value is -5.10. The summed E-state index contributed by atoms with van der Waals surface area (Å²) in [7, 11) is 0. The minimum Gasteiger partial charge on any atom is -0.478 e. The first kappa shape index (κ1) is 27.5. The zero-order chi connectivity index (χ0) is 29.3. The summed E-state index contributed by atoms with van der Waals surface area (Å²) in [6.45, 7) is 4.06. The maximum absolute atomic E-state index is 13.8. The van der Waals surface area contributed by atoms with Crippen molar-refractivity contribution in [3.63, 3.8) is 0 Å². The fraction of sp³-hybridized carbons (Fsp3) is 0.179. The van der Waals surface area contributed by atoms with Gasteiger partial charge in [-0.3, -0.25) is 14.6 Å². The van der Waals surface area contributed by atoms with Gasteiger partial charge in [0.05, 0.1) is 28.8 Å². The number of carbonyl (C=O) groups excluding carboxylic acids is 2. The van der Waals surface area contributed by atoms with E-state index in [2.05, 4.69) is 25.8 Å². The van der Waals surface area contributed by atoms with Crippen molar-refractivity contribution in [2.75, 3.05) is 17.6 Å². The van der Waals surface area contributed by atoms with E-state index < -0.39 is 29.2 Å². The molecule has 208 valence electrons. The fourth-order valence-electron chi connectivity index (χ4n) is 4.82. The third-order valence-corrected chi connectivity index (χ3v) is 6.91. The number of nitrogens with one attached hydrogen (secondary N) is 1. The van der Waals surface area contributed by atoms with E-state index in [1.807, 2.05) is 13.8 Å². The fourth-order valence-corrected chi connectivity index (χ4v) is 5.00. The van der Waals surface area contributed by atoms with Gasteiger partial charge in [-0.1, -0.05) is 25.4 Å². The van der Waals surface area contributed by atoms with Crippen LogP contribution in [0.15, 0.2) is 67.1 Å². The molecule has 3 heterocycles. The summed E-state index contributed by atoms with van der Waals surface area (Å²) in [5.41, 5.74) is 8.60. The normalized spacial score (nSPS) is 15.9. The van der Waals surface area contributed by atoms with E-state index >= 15 is 0 Å². The highest BCUT2D eigenvalue weighted by Crippen LogP contribution is 2.40. The summed E-state index contributed by atoms with van der Waals surface area (Å²) in [4.78, 5) is 44.7. The van der Waals surface area contributed by atoms with Crippen molar-refractivity contribution in [2.24, 2.45) is 0 Å². The second kappa shape index (κ2) is 10.8. The van der Waals surface area contributed by atoms with E-state index in [1.165, 1.54) is 52.4 Å². The number of pyridine rings is 1. The van der Waals surface area contributed by atoms with Gasteiger partial charge in [0.25, 0.3) is 5.91 Å². The van der Waals surface area contributed by atoms with E-state index in [4.69, 9.17) is 17.3 Å². The van der Waals surface area contributed by atoms with Gasteiger partial charge in [-0.25, -0.2) is 4.79 Å². The third kappa shape index (κ3) is 5.63. The van der Waals surface area contributed by atoms with Gasteiger partial charge in [0.2, 0.25) is 5.91 Å². The number of tetrazole rings is 1. The highest BCUT2D eigenvalue weighted by Gasteiger charge is 2.44. The Morgan fingerprint density at radius 3 is 2.59 bits per heavy atom. The summed E-state index contributed by atoms with van der Waals surface area (Å²) in [6.07, 6.45) is 5.90. The maximum Gasteiger partial charge on any atom is 0.335 e. The predicted octanol–water partition coefficient (Wildman–Crippen LogP) is 3.50. The number of nitrogens with zero attached hydrogens (tertiary/aromatic N) is 6. The van der Waals surface area contributed by atoms with Crippen LogP contribution in [0.25, 0.3) is 11.8 Å². The zero-order valence-electron chi connectivity index (χ0n) is 22.0. The van der Waals surface area contributed by atoms with E-state index in [-0.39, 0.29) is 12.1 Å². The van der Waals surface area contributed by atoms with Gasteiger partial charge in [0.15, 0.2) is 0 Å². The molecule has 41 heavy (non-hydrogen) atoms. The Kier molecular flexibility index (Phi) is 7.24. The van der Waals surface area contributed by atoms with Crippen molar-refractivity contribution < 1.29 is 19.5 Å². The summed E-state index contributed by atoms with van der Waals surface area (Å²) in [5, 5.41) is 23.7. The van der Waals surface area contributed by atoms with E-state index in [0.717, 1.165) is 0 Å². The molecule has 1 unspecified atom stereocenters. The Morgan fingerprint density at radius 2 is 1.90 bits per heavy atom. The van der Waals surface area contributed by atoms with Gasteiger partial charge in [0.1, 0.15) is 12.4 Å². The molecule has 2 amide bonds. The van der Waals surface area contributed by atoms with Crippen molar-refractivity contribution in [1.29, 1.82) is 0 Å². The van der Waals surface area contributed by atoms with E-state index in [0.29, 0.717) is 38.9 Å². The third-order valence-electron chi connectivity index (χ3n) is 6.67. The molecule has 1 aliphatic heterocycles. The highest BCUT2D eigenvalue weighted by molar-refractivity contribution is 6.30. The van der Waals surface area contributed by atoms with Crippen molar-refractivity contribution in [1.82, 2.24) is 30.1 Å². The molecule has 2 aromatic carbocycles. The number of rotatable bonds is 6. The number of amides is 2. The van der Waals surface area contributed by atoms with Crippen LogP contribution >= 0.6 is 11.6 Å². The monoisotopic (exact) mass is 572 g/mol. The predicted molar refractivity (Wildman–Crippen MR) is 151 cm³/mol. The lowest BCUT2D eigenvalue weighted by molar-refractivity contribution is -0.136. The molecule has 4 N–H and O–H groups in total. The van der Waals surface area contributed by atoms with E-state index in [1.54, 1.807) is 30.3 Å². The van der Waals surface area contributed by atoms with Crippen LogP contribution in [0.3, 0.4) is 0 Å². The first-order valence-corrected chi connectivity index (χ1v) is 12.8. The lowest BCUT2D eigenvalue weighted by Crippen LogP contribution is -2.51. The molecule has 12 nitrogen and oxygen atoms in total. The Morgan fingerprint density at radius 1 is 1.15 bits per heavy atom. The summed E-state index contributed by atoms with van der Waals surface area (Å²) < 4.78 is 1.45. The van der Waals surface area contributed by atoms with Crippen LogP contribution in [0.4, 0.5) is 11.4 Å². The molecule has 13 heteroatoms. The summed E-state index contributed by atoms with van der Waals surface area (Å²) in [6, 6.07) is 11.4. The molecular formula is C28H25ClN8O4. The van der Waals surface area contributed by atoms with Crippen LogP contribution in [0.2, 0.25) is 5.02 Å². The molecule has 4 aromatic rings. The number of aromatic carboxylic acids is 1. The number of benzene rings is 2. The average molecular weight is 573 g/mol. The van der Waals surface area contributed by atoms with Gasteiger partial charge in [-0.05, 0) is 65.0 Å². The topological polar surface area (TPSA) is 169 Å². The van der Waals surface area contributed by atoms with Crippen LogP contribution in [0.1, 0.15) is 47.1 Å². The number of aromatic nitrogens is 5. The smallest absolute Gasteiger partial charge is 0.335 e. The minimum atomic E-state index is -1.08. The molecule has 5 rings (SSSR count). The second-order valence-corrected chi connectivity index (χ2v) is 10.6. The molecule has 2 aromatic heterocycles. The number of nitrogen functional groups attached to an aromatic ring is 1. The first-order valence-electron chi connectivity index (χ1n) is 12.5. The molecular weight excluding hydrogens is 548 g/mol. The Balaban J connectivity index is 1.51. The molecule has 0 saturated heterocycles. The van der Waals surface area contributed by atoms with Crippen LogP contribution in [-0.4, -0.2) is 59.5 Å². The van der Waals surface area contributed by atoms with Crippen molar-refractivity contribution >= 4 is 46.8 Å². The van der Waals surface area contributed by atoms with Crippen molar-refractivity contribution in [3.8, 4) is 5.69 Å². The second-order valence-electron chi connectivity index (χ2n) is 10.1. The van der Waals surface area contributed by atoms with Crippen LogP contribution in [0, 0.1) is 0 Å². The number of anilines is 2. The number of carbonyl (C=O) groups is 3. The number of hydrogen-bond acceptors (Lipinski definition) is 8. The zero-order valence-corrected chi connectivity index (χ0v) is 22.8. The van der Waals surface area contributed by atoms with Crippen molar-refractivity contribution in [3.05, 3.63) is 94.5 Å². The number of nitrogens with two attached hydrogens (primary N) is 1. The Labute approximate surface area is 239 Å². The van der Waals surface area contributed by atoms with Crippen molar-refractivity contribution in [2.45, 2.75) is 25.3 Å². The summed E-state index contributed by atoms with van der Waals surface area (Å²) >= 11 is 6.23.